The van der Waals surface area contributed by atoms with Gasteiger partial charge in [0.2, 0.25) is 0 Å². The van der Waals surface area contributed by atoms with E-state index in [0.717, 1.165) is 19.3 Å². The van der Waals surface area contributed by atoms with E-state index in [-0.39, 0.29) is 23.5 Å². The molecule has 0 spiro atoms. The molecule has 0 aliphatic rings. The Balaban J connectivity index is 1.86. The van der Waals surface area contributed by atoms with Gasteiger partial charge in [-0.15, -0.1) is 0 Å². The molecule has 0 fully saturated rings. The summed E-state index contributed by atoms with van der Waals surface area (Å²) in [6.45, 7) is 14.8. The van der Waals surface area contributed by atoms with E-state index in [1.165, 1.54) is 23.0 Å². The molecule has 210 valence electrons. The summed E-state index contributed by atoms with van der Waals surface area (Å²) in [7, 11) is -2.29. The van der Waals surface area contributed by atoms with Crippen LogP contribution in [0.1, 0.15) is 38.7 Å². The van der Waals surface area contributed by atoms with Gasteiger partial charge in [-0.3, -0.25) is 4.79 Å². The highest BCUT2D eigenvalue weighted by Crippen LogP contribution is 2.41. The van der Waals surface area contributed by atoms with E-state index in [1.54, 1.807) is 0 Å². The summed E-state index contributed by atoms with van der Waals surface area (Å²) in [5, 5.41) is 2.89. The number of benzene rings is 3. The Morgan fingerprint density at radius 1 is 0.718 bits per heavy atom. The van der Waals surface area contributed by atoms with E-state index >= 15 is 0 Å². The van der Waals surface area contributed by atoms with Crippen molar-refractivity contribution in [2.45, 2.75) is 83.1 Å². The lowest BCUT2D eigenvalue weighted by Crippen LogP contribution is -2.50. The molecule has 5 heteroatoms. The van der Waals surface area contributed by atoms with Crippen molar-refractivity contribution in [1.82, 2.24) is 0 Å². The van der Waals surface area contributed by atoms with E-state index in [4.69, 9.17) is 9.47 Å². The van der Waals surface area contributed by atoms with Gasteiger partial charge in [-0.1, -0.05) is 147 Å². The molecular formula is C34H48O3Si2. The lowest BCUT2D eigenvalue weighted by atomic mass is 10.0. The molecule has 39 heavy (non-hydrogen) atoms. The van der Waals surface area contributed by atoms with Crippen molar-refractivity contribution in [3.05, 3.63) is 96.6 Å². The van der Waals surface area contributed by atoms with Crippen molar-refractivity contribution >= 4 is 32.5 Å². The molecule has 0 saturated carbocycles. The van der Waals surface area contributed by atoms with Gasteiger partial charge < -0.3 is 9.47 Å². The largest absolute Gasteiger partial charge is 0.469 e. The van der Waals surface area contributed by atoms with Crippen molar-refractivity contribution in [2.75, 3.05) is 7.11 Å². The fourth-order valence-corrected chi connectivity index (χ4v) is 13.3. The lowest BCUT2D eigenvalue weighted by Gasteiger charge is -2.40. The monoisotopic (exact) mass is 560 g/mol. The number of carbonyl (C=O) groups excluding carboxylic acids is 1. The molecule has 0 aliphatic carbocycles. The summed E-state index contributed by atoms with van der Waals surface area (Å²) in [4.78, 5) is 12.9. The second-order valence-corrected chi connectivity index (χ2v) is 21.8. The lowest BCUT2D eigenvalue weighted by molar-refractivity contribution is -0.145. The zero-order valence-electron chi connectivity index (χ0n) is 25.0. The molecule has 3 nitrogen and oxygen atoms in total. The third kappa shape index (κ3) is 8.26. The molecule has 4 atom stereocenters. The number of esters is 1. The number of rotatable bonds is 14. The summed E-state index contributed by atoms with van der Waals surface area (Å²) < 4.78 is 11.7. The van der Waals surface area contributed by atoms with Crippen LogP contribution in [0.15, 0.2) is 91.0 Å². The maximum absolute atomic E-state index is 12.9. The molecule has 0 radical (unpaired) electrons. The smallest absolute Gasteiger partial charge is 0.308 e. The van der Waals surface area contributed by atoms with Crippen molar-refractivity contribution in [1.29, 1.82) is 0 Å². The molecule has 0 aromatic heterocycles. The molecule has 3 aromatic carbocycles. The predicted molar refractivity (Wildman–Crippen MR) is 170 cm³/mol. The minimum Gasteiger partial charge on any atom is -0.469 e. The van der Waals surface area contributed by atoms with Crippen molar-refractivity contribution in [3.8, 4) is 0 Å². The molecule has 0 saturated heterocycles. The van der Waals surface area contributed by atoms with Crippen LogP contribution < -0.4 is 10.4 Å². The first kappa shape index (κ1) is 31.1. The van der Waals surface area contributed by atoms with Crippen molar-refractivity contribution in [3.63, 3.8) is 0 Å². The zero-order valence-corrected chi connectivity index (χ0v) is 27.0. The van der Waals surface area contributed by atoms with Gasteiger partial charge in [0.05, 0.1) is 41.9 Å². The molecule has 0 heterocycles. The van der Waals surface area contributed by atoms with Gasteiger partial charge in [0.15, 0.2) is 0 Å². The topological polar surface area (TPSA) is 35.5 Å². The minimum absolute atomic E-state index is 0.0906. The summed E-state index contributed by atoms with van der Waals surface area (Å²) in [5.41, 5.74) is 2.03. The van der Waals surface area contributed by atoms with E-state index in [1.807, 2.05) is 6.07 Å². The second kappa shape index (κ2) is 14.2. The fraction of sp³-hybridized carbons (Fsp3) is 0.441. The van der Waals surface area contributed by atoms with Crippen LogP contribution in [0.4, 0.5) is 0 Å². The summed E-state index contributed by atoms with van der Waals surface area (Å²) in [6, 6.07) is 32.3. The third-order valence-electron chi connectivity index (χ3n) is 8.98. The Morgan fingerprint density at radius 3 is 1.72 bits per heavy atom. The summed E-state index contributed by atoms with van der Waals surface area (Å²) in [6.07, 6.45) is 3.28. The zero-order chi connectivity index (χ0) is 28.5. The van der Waals surface area contributed by atoms with Crippen LogP contribution >= 0.6 is 0 Å². The molecule has 0 N–H and O–H groups in total. The first-order valence-electron chi connectivity index (χ1n) is 14.4. The van der Waals surface area contributed by atoms with Gasteiger partial charge in [-0.25, -0.2) is 0 Å². The molecule has 3 aromatic rings. The predicted octanol–water partition coefficient (Wildman–Crippen LogP) is 7.54. The van der Waals surface area contributed by atoms with Crippen LogP contribution in [-0.4, -0.2) is 35.3 Å². The maximum atomic E-state index is 12.9. The van der Waals surface area contributed by atoms with Crippen molar-refractivity contribution < 1.29 is 14.3 Å². The van der Waals surface area contributed by atoms with Crippen LogP contribution in [0, 0.1) is 5.92 Å². The molecular weight excluding hydrogens is 513 g/mol. The van der Waals surface area contributed by atoms with Gasteiger partial charge in [0.25, 0.3) is 0 Å². The third-order valence-corrected chi connectivity index (χ3v) is 17.8. The normalized spacial score (nSPS) is 15.3. The Labute approximate surface area is 239 Å². The van der Waals surface area contributed by atoms with Crippen molar-refractivity contribution in [2.24, 2.45) is 5.92 Å². The van der Waals surface area contributed by atoms with Crippen LogP contribution in [0.5, 0.6) is 0 Å². The van der Waals surface area contributed by atoms with Gasteiger partial charge in [-0.05, 0) is 30.0 Å². The first-order valence-corrected chi connectivity index (χ1v) is 20.6. The number of hydrogen-bond acceptors (Lipinski definition) is 3. The molecule has 0 bridgehead atoms. The Morgan fingerprint density at radius 2 is 1.21 bits per heavy atom. The van der Waals surface area contributed by atoms with Crippen LogP contribution in [0.2, 0.25) is 37.3 Å². The Hall–Kier alpha value is -2.48. The highest BCUT2D eigenvalue weighted by Gasteiger charge is 2.42. The van der Waals surface area contributed by atoms with E-state index < -0.39 is 16.1 Å². The molecule has 0 unspecified atom stereocenters. The average Bonchev–Trinajstić information content (AvgIpc) is 2.96. The molecule has 0 amide bonds. The Kier molecular flexibility index (Phi) is 11.3. The quantitative estimate of drug-likeness (QED) is 0.151. The first-order chi connectivity index (χ1) is 18.6. The van der Waals surface area contributed by atoms with Crippen LogP contribution in [0.3, 0.4) is 0 Å². The molecule has 0 aliphatic heterocycles. The number of hydrogen-bond donors (Lipinski definition) is 0. The summed E-state index contributed by atoms with van der Waals surface area (Å²) in [5.74, 6) is -0.224. The number of carbonyl (C=O) groups is 1. The highest BCUT2D eigenvalue weighted by atomic mass is 28.3. The molecule has 3 rings (SSSR count). The fourth-order valence-electron chi connectivity index (χ4n) is 6.21. The Bertz CT molecular complexity index is 1130. The van der Waals surface area contributed by atoms with E-state index in [2.05, 4.69) is 125 Å². The van der Waals surface area contributed by atoms with Crippen LogP contribution in [0.25, 0.3) is 0 Å². The van der Waals surface area contributed by atoms with Crippen LogP contribution in [-0.2, 0) is 20.9 Å². The van der Waals surface area contributed by atoms with Gasteiger partial charge >= 0.3 is 5.97 Å². The number of methoxy groups -OCH3 is 1. The SMILES string of the molecule is COC(=O)[C@@H](C)[C@H](CC[C@@H](C[C@@H](C)OCc1ccccc1)[Si](C)(C)c1ccccc1)[Si](C)(C)c1ccccc1. The van der Waals surface area contributed by atoms with Gasteiger partial charge in [-0.2, -0.15) is 0 Å². The standard InChI is InChI=1S/C34H48O3Si2/c1-27(37-26-29-17-11-8-12-18-29)25-32(38(4,5)30-19-13-9-14-20-30)23-24-33(28(2)34(35)36-3)39(6,7)31-21-15-10-16-22-31/h8-22,27-28,32-33H,23-26H2,1-7H3/t27-,28+,32+,33+/m1/s1. The van der Waals surface area contributed by atoms with Gasteiger partial charge in [0.1, 0.15) is 0 Å². The number of ether oxygens (including phenoxy) is 2. The van der Waals surface area contributed by atoms with E-state index in [0.29, 0.717) is 12.1 Å². The van der Waals surface area contributed by atoms with E-state index in [9.17, 15) is 4.79 Å². The van der Waals surface area contributed by atoms with Gasteiger partial charge in [0, 0.05) is 0 Å². The maximum Gasteiger partial charge on any atom is 0.308 e. The minimum atomic E-state index is -1.97. The average molecular weight is 561 g/mol. The highest BCUT2D eigenvalue weighted by molar-refractivity contribution is 6.91. The summed E-state index contributed by atoms with van der Waals surface area (Å²) >= 11 is 0. The second-order valence-electron chi connectivity index (χ2n) is 12.2.